The third kappa shape index (κ3) is 4.46. The van der Waals surface area contributed by atoms with Crippen LogP contribution < -0.4 is 15.7 Å². The monoisotopic (exact) mass is 488 g/mol. The van der Waals surface area contributed by atoms with Crippen molar-refractivity contribution in [1.29, 1.82) is 0 Å². The predicted octanol–water partition coefficient (Wildman–Crippen LogP) is 4.04. The van der Waals surface area contributed by atoms with Gasteiger partial charge in [0.15, 0.2) is 6.10 Å². The number of carboxylic acids is 1. The van der Waals surface area contributed by atoms with Crippen LogP contribution in [0, 0.1) is 6.92 Å². The second kappa shape index (κ2) is 9.53. The summed E-state index contributed by atoms with van der Waals surface area (Å²) in [4.78, 5) is 40.6. The Kier molecular flexibility index (Phi) is 6.26. The Morgan fingerprint density at radius 2 is 1.92 bits per heavy atom. The zero-order valence-corrected chi connectivity index (χ0v) is 20.2. The van der Waals surface area contributed by atoms with Gasteiger partial charge in [-0.2, -0.15) is 0 Å². The summed E-state index contributed by atoms with van der Waals surface area (Å²) in [6, 6.07) is 10.1. The second-order valence-corrected chi connectivity index (χ2v) is 9.41. The Hall–Kier alpha value is -4.07. The molecule has 36 heavy (non-hydrogen) atoms. The summed E-state index contributed by atoms with van der Waals surface area (Å²) in [6.45, 7) is 3.44. The molecule has 8 heteroatoms. The fraction of sp³-hybridized carbons (Fsp3) is 0.321. The molecule has 186 valence electrons. The molecule has 0 saturated carbocycles. The average Bonchev–Trinajstić information content (AvgIpc) is 3.26. The molecule has 3 N–H and O–H groups in total. The SMILES string of the molecule is Cc1cc(O[C@@H](C)C(=O)N[C@@H](Cc2c[nH]c3ccccc23)C(=O)O)c2c3c(c(=O)oc2c1)CCCC3. The number of amides is 1. The van der Waals surface area contributed by atoms with Crippen molar-refractivity contribution in [3.05, 3.63) is 75.3 Å². The molecule has 0 bridgehead atoms. The summed E-state index contributed by atoms with van der Waals surface area (Å²) >= 11 is 0. The van der Waals surface area contributed by atoms with Crippen molar-refractivity contribution in [2.75, 3.05) is 0 Å². The van der Waals surface area contributed by atoms with Gasteiger partial charge in [-0.15, -0.1) is 0 Å². The predicted molar refractivity (Wildman–Crippen MR) is 136 cm³/mol. The van der Waals surface area contributed by atoms with Crippen molar-refractivity contribution in [2.45, 2.75) is 58.1 Å². The fourth-order valence-electron chi connectivity index (χ4n) is 5.01. The van der Waals surface area contributed by atoms with Crippen LogP contribution in [0.15, 0.2) is 51.8 Å². The Bertz CT molecular complexity index is 1530. The second-order valence-electron chi connectivity index (χ2n) is 9.41. The van der Waals surface area contributed by atoms with Crippen LogP contribution in [0.4, 0.5) is 0 Å². The lowest BCUT2D eigenvalue weighted by atomic mass is 9.90. The van der Waals surface area contributed by atoms with E-state index in [1.165, 1.54) is 0 Å². The van der Waals surface area contributed by atoms with E-state index in [-0.39, 0.29) is 12.0 Å². The number of aromatic nitrogens is 1. The first-order valence-corrected chi connectivity index (χ1v) is 12.2. The van der Waals surface area contributed by atoms with Gasteiger partial charge in [0.1, 0.15) is 17.4 Å². The lowest BCUT2D eigenvalue weighted by molar-refractivity contribution is -0.142. The van der Waals surface area contributed by atoms with Gasteiger partial charge in [-0.3, -0.25) is 4.79 Å². The Balaban J connectivity index is 1.39. The van der Waals surface area contributed by atoms with Crippen LogP contribution in [-0.2, 0) is 28.9 Å². The molecule has 0 radical (unpaired) electrons. The maximum Gasteiger partial charge on any atom is 0.339 e. The van der Waals surface area contributed by atoms with Crippen molar-refractivity contribution >= 4 is 33.7 Å². The lowest BCUT2D eigenvalue weighted by Crippen LogP contribution is -2.47. The lowest BCUT2D eigenvalue weighted by Gasteiger charge is -2.22. The molecule has 2 heterocycles. The highest BCUT2D eigenvalue weighted by molar-refractivity contribution is 5.91. The number of carboxylic acid groups (broad SMARTS) is 1. The summed E-state index contributed by atoms with van der Waals surface area (Å²) in [5.41, 5.74) is 4.24. The first kappa shape index (κ1) is 23.7. The van der Waals surface area contributed by atoms with Crippen LogP contribution >= 0.6 is 0 Å². The highest BCUT2D eigenvalue weighted by atomic mass is 16.5. The number of H-pyrrole nitrogens is 1. The third-order valence-corrected chi connectivity index (χ3v) is 6.82. The molecule has 5 rings (SSSR count). The van der Waals surface area contributed by atoms with E-state index in [0.29, 0.717) is 28.7 Å². The molecule has 2 aromatic carbocycles. The minimum Gasteiger partial charge on any atom is -0.480 e. The zero-order valence-electron chi connectivity index (χ0n) is 20.2. The summed E-state index contributed by atoms with van der Waals surface area (Å²) in [5, 5.41) is 14.0. The van der Waals surface area contributed by atoms with Crippen LogP contribution in [0.3, 0.4) is 0 Å². The number of carbonyl (C=O) groups is 2. The van der Waals surface area contributed by atoms with Crippen LogP contribution in [-0.4, -0.2) is 34.1 Å². The van der Waals surface area contributed by atoms with Gasteiger partial charge in [0, 0.05) is 29.1 Å². The van der Waals surface area contributed by atoms with Crippen molar-refractivity contribution in [2.24, 2.45) is 0 Å². The van der Waals surface area contributed by atoms with Crippen LogP contribution in [0.1, 0.15) is 42.0 Å². The number of aryl methyl sites for hydroxylation is 2. The molecule has 0 saturated heterocycles. The topological polar surface area (TPSA) is 122 Å². The van der Waals surface area contributed by atoms with E-state index in [2.05, 4.69) is 10.3 Å². The molecule has 0 spiro atoms. The van der Waals surface area contributed by atoms with E-state index in [1.54, 1.807) is 19.2 Å². The number of hydrogen-bond acceptors (Lipinski definition) is 5. The van der Waals surface area contributed by atoms with Gasteiger partial charge in [0.2, 0.25) is 0 Å². The number of nitrogens with one attached hydrogen (secondary N) is 2. The van der Waals surface area contributed by atoms with Crippen molar-refractivity contribution < 1.29 is 23.8 Å². The van der Waals surface area contributed by atoms with E-state index >= 15 is 0 Å². The number of ether oxygens (including phenoxy) is 1. The summed E-state index contributed by atoms with van der Waals surface area (Å²) in [6.07, 6.45) is 4.21. The first-order valence-electron chi connectivity index (χ1n) is 12.2. The molecule has 1 aliphatic carbocycles. The molecule has 0 aliphatic heterocycles. The molecule has 1 amide bonds. The molecular weight excluding hydrogens is 460 g/mol. The largest absolute Gasteiger partial charge is 0.480 e. The number of fused-ring (bicyclic) bond motifs is 4. The van der Waals surface area contributed by atoms with Crippen molar-refractivity contribution in [3.8, 4) is 5.75 Å². The smallest absolute Gasteiger partial charge is 0.339 e. The maximum atomic E-state index is 13.0. The highest BCUT2D eigenvalue weighted by Crippen LogP contribution is 2.35. The standard InChI is InChI=1S/C28H28N2O6/c1-15-11-23(25-19-8-3-4-9-20(19)28(34)36-24(25)12-15)35-16(2)26(31)30-22(27(32)33)13-17-14-29-21-10-6-5-7-18(17)21/h5-7,10-12,14,16,22,29H,3-4,8-9,13H2,1-2H3,(H,30,31)(H,32,33)/t16-,22-/m0/s1. The van der Waals surface area contributed by atoms with Gasteiger partial charge in [-0.25, -0.2) is 9.59 Å². The minimum atomic E-state index is -1.13. The number of carbonyl (C=O) groups excluding carboxylic acids is 1. The van der Waals surface area contributed by atoms with Gasteiger partial charge in [-0.1, -0.05) is 18.2 Å². The fourth-order valence-corrected chi connectivity index (χ4v) is 5.01. The summed E-state index contributed by atoms with van der Waals surface area (Å²) in [5.74, 6) is -1.21. The normalized spacial score (nSPS) is 14.8. The molecule has 2 atom stereocenters. The summed E-state index contributed by atoms with van der Waals surface area (Å²) in [7, 11) is 0. The summed E-state index contributed by atoms with van der Waals surface area (Å²) < 4.78 is 11.7. The van der Waals surface area contributed by atoms with E-state index in [1.807, 2.05) is 37.3 Å². The Morgan fingerprint density at radius 3 is 2.69 bits per heavy atom. The number of aliphatic carboxylic acids is 1. The zero-order chi connectivity index (χ0) is 25.4. The molecule has 8 nitrogen and oxygen atoms in total. The minimum absolute atomic E-state index is 0.129. The van der Waals surface area contributed by atoms with E-state index in [9.17, 15) is 19.5 Å². The van der Waals surface area contributed by atoms with Crippen LogP contribution in [0.2, 0.25) is 0 Å². The molecule has 0 unspecified atom stereocenters. The molecule has 1 aliphatic rings. The van der Waals surface area contributed by atoms with Crippen molar-refractivity contribution in [1.82, 2.24) is 10.3 Å². The average molecular weight is 489 g/mol. The van der Waals surface area contributed by atoms with Gasteiger partial charge >= 0.3 is 11.6 Å². The quantitative estimate of drug-likeness (QED) is 0.338. The van der Waals surface area contributed by atoms with Gasteiger partial charge < -0.3 is 24.6 Å². The maximum absolute atomic E-state index is 13.0. The number of hydrogen-bond donors (Lipinski definition) is 3. The molecule has 2 aromatic heterocycles. The number of aromatic amines is 1. The molecule has 4 aromatic rings. The van der Waals surface area contributed by atoms with Crippen molar-refractivity contribution in [3.63, 3.8) is 0 Å². The Morgan fingerprint density at radius 1 is 1.17 bits per heavy atom. The highest BCUT2D eigenvalue weighted by Gasteiger charge is 2.27. The van der Waals surface area contributed by atoms with E-state index in [4.69, 9.17) is 9.15 Å². The first-order chi connectivity index (χ1) is 17.3. The van der Waals surface area contributed by atoms with E-state index in [0.717, 1.165) is 46.9 Å². The van der Waals surface area contributed by atoms with Gasteiger partial charge in [0.25, 0.3) is 5.91 Å². The number of para-hydroxylation sites is 1. The van der Waals surface area contributed by atoms with E-state index < -0.39 is 24.0 Å². The van der Waals surface area contributed by atoms with Crippen LogP contribution in [0.25, 0.3) is 21.9 Å². The molecular formula is C28H28N2O6. The molecule has 0 fully saturated rings. The third-order valence-electron chi connectivity index (χ3n) is 6.82. The van der Waals surface area contributed by atoms with Crippen LogP contribution in [0.5, 0.6) is 5.75 Å². The number of rotatable bonds is 7. The Labute approximate surface area is 207 Å². The number of benzene rings is 2. The van der Waals surface area contributed by atoms with Gasteiger partial charge in [0.05, 0.1) is 5.39 Å². The van der Waals surface area contributed by atoms with Gasteiger partial charge in [-0.05, 0) is 74.4 Å².